The molecule has 2 atom stereocenters. The van der Waals surface area contributed by atoms with Crippen LogP contribution in [-0.4, -0.2) is 75.3 Å². The Hall–Kier alpha value is -3.39. The molecule has 170 valence electrons. The number of esters is 1. The van der Waals surface area contributed by atoms with Gasteiger partial charge in [-0.3, -0.25) is 19.3 Å². The van der Waals surface area contributed by atoms with E-state index in [0.29, 0.717) is 5.57 Å². The molecular formula is C18H19N5O7S2. The fourth-order valence-corrected chi connectivity index (χ4v) is 4.89. The lowest BCUT2D eigenvalue weighted by atomic mass is 10.0. The Morgan fingerprint density at radius 3 is 2.81 bits per heavy atom. The van der Waals surface area contributed by atoms with Crippen LogP contribution in [-0.2, 0) is 28.8 Å². The van der Waals surface area contributed by atoms with Gasteiger partial charge in [0.25, 0.3) is 11.8 Å². The smallest absolute Gasteiger partial charge is 0.352 e. The molecule has 32 heavy (non-hydrogen) atoms. The first-order valence-electron chi connectivity index (χ1n) is 9.09. The molecule has 1 saturated heterocycles. The molecule has 1 aromatic rings. The van der Waals surface area contributed by atoms with Crippen molar-refractivity contribution >= 4 is 57.7 Å². The normalized spacial score (nSPS) is 20.6. The van der Waals surface area contributed by atoms with Gasteiger partial charge in [0.2, 0.25) is 0 Å². The van der Waals surface area contributed by atoms with Crippen LogP contribution < -0.4 is 11.1 Å². The molecule has 2 amide bonds. The van der Waals surface area contributed by atoms with Crippen LogP contribution >= 0.6 is 23.1 Å². The van der Waals surface area contributed by atoms with E-state index >= 15 is 0 Å². The third-order valence-corrected chi connectivity index (χ3v) is 6.33. The quantitative estimate of drug-likeness (QED) is 0.197. The van der Waals surface area contributed by atoms with E-state index in [2.05, 4.69) is 15.5 Å². The standard InChI is InChI=1S/C18H19N5O7S2/c1-8(24)30-5-3-4-9-6-31-16-12(15(26)23(16)13(9)17(27)28)21-14(25)11(22-29-2)10-7-32-18(19)20-10/h3-4,7,12,16H,5-6H2,1-2H3,(H2,19,20)(H,21,25)(H,27,28)/b4-3-,22-11-/t12?,16-/m1/s1. The minimum absolute atomic E-state index is 0.0187. The van der Waals surface area contributed by atoms with E-state index in [-0.39, 0.29) is 34.6 Å². The van der Waals surface area contributed by atoms with Gasteiger partial charge in [0.15, 0.2) is 10.8 Å². The molecule has 2 aliphatic rings. The van der Waals surface area contributed by atoms with Gasteiger partial charge in [0.1, 0.15) is 36.5 Å². The molecule has 0 aromatic carbocycles. The summed E-state index contributed by atoms with van der Waals surface area (Å²) in [7, 11) is 1.26. The number of carboxylic acid groups (broad SMARTS) is 1. The lowest BCUT2D eigenvalue weighted by molar-refractivity contribution is -0.150. The molecule has 0 aliphatic carbocycles. The molecule has 4 N–H and O–H groups in total. The monoisotopic (exact) mass is 481 g/mol. The van der Waals surface area contributed by atoms with Crippen LogP contribution in [0.3, 0.4) is 0 Å². The maximum absolute atomic E-state index is 12.7. The Morgan fingerprint density at radius 1 is 1.47 bits per heavy atom. The van der Waals surface area contributed by atoms with Crippen LogP contribution in [0.1, 0.15) is 12.6 Å². The van der Waals surface area contributed by atoms with Crippen molar-refractivity contribution in [3.63, 3.8) is 0 Å². The lowest BCUT2D eigenvalue weighted by Gasteiger charge is -2.49. The SMILES string of the molecule is CO/N=C(\C(=O)NC1C(=O)N2C(C(=O)O)=C(/C=C\COC(C)=O)CS[C@H]12)c1csc(N)n1. The van der Waals surface area contributed by atoms with Crippen LogP contribution in [0, 0.1) is 0 Å². The van der Waals surface area contributed by atoms with Crippen molar-refractivity contribution in [3.8, 4) is 0 Å². The number of oxime groups is 1. The summed E-state index contributed by atoms with van der Waals surface area (Å²) in [4.78, 5) is 57.9. The summed E-state index contributed by atoms with van der Waals surface area (Å²) in [6.07, 6.45) is 3.00. The lowest BCUT2D eigenvalue weighted by Crippen LogP contribution is -2.71. The summed E-state index contributed by atoms with van der Waals surface area (Å²) in [5, 5.41) is 17.0. The summed E-state index contributed by atoms with van der Waals surface area (Å²) in [5.41, 5.74) is 5.85. The highest BCUT2D eigenvalue weighted by atomic mass is 32.2. The van der Waals surface area contributed by atoms with Gasteiger partial charge in [-0.25, -0.2) is 9.78 Å². The number of aliphatic carboxylic acids is 1. The predicted octanol–water partition coefficient (Wildman–Crippen LogP) is -0.0663. The van der Waals surface area contributed by atoms with Gasteiger partial charge >= 0.3 is 11.9 Å². The van der Waals surface area contributed by atoms with E-state index in [0.717, 1.165) is 16.2 Å². The molecule has 14 heteroatoms. The van der Waals surface area contributed by atoms with Crippen molar-refractivity contribution in [3.05, 3.63) is 34.5 Å². The molecule has 0 radical (unpaired) electrons. The maximum Gasteiger partial charge on any atom is 0.352 e. The minimum atomic E-state index is -1.28. The Kier molecular flexibility index (Phi) is 7.15. The second kappa shape index (κ2) is 9.82. The van der Waals surface area contributed by atoms with E-state index in [1.807, 2.05) is 0 Å². The van der Waals surface area contributed by atoms with Gasteiger partial charge < -0.3 is 25.7 Å². The number of hydrogen-bond acceptors (Lipinski definition) is 11. The largest absolute Gasteiger partial charge is 0.477 e. The Bertz CT molecular complexity index is 1050. The van der Waals surface area contributed by atoms with Gasteiger partial charge in [0.05, 0.1) is 0 Å². The van der Waals surface area contributed by atoms with Crippen molar-refractivity contribution in [1.29, 1.82) is 0 Å². The number of carbonyl (C=O) groups excluding carboxylic acids is 3. The van der Waals surface area contributed by atoms with Crippen molar-refractivity contribution in [2.45, 2.75) is 18.3 Å². The first-order valence-corrected chi connectivity index (χ1v) is 11.0. The third-order valence-electron chi connectivity index (χ3n) is 4.35. The van der Waals surface area contributed by atoms with Crippen molar-refractivity contribution in [2.24, 2.45) is 5.16 Å². The van der Waals surface area contributed by atoms with Crippen LogP contribution in [0.2, 0.25) is 0 Å². The maximum atomic E-state index is 12.7. The van der Waals surface area contributed by atoms with E-state index in [9.17, 15) is 24.3 Å². The number of hydrogen-bond donors (Lipinski definition) is 3. The zero-order valence-corrected chi connectivity index (χ0v) is 18.6. The fourth-order valence-electron chi connectivity index (χ4n) is 3.03. The van der Waals surface area contributed by atoms with Gasteiger partial charge in [-0.1, -0.05) is 11.2 Å². The van der Waals surface area contributed by atoms with E-state index in [1.165, 1.54) is 43.3 Å². The summed E-state index contributed by atoms with van der Waals surface area (Å²) >= 11 is 2.40. The Balaban J connectivity index is 1.75. The molecular weight excluding hydrogens is 462 g/mol. The number of carboxylic acids is 1. The number of thioether (sulfide) groups is 1. The number of nitrogens with two attached hydrogens (primary N) is 1. The van der Waals surface area contributed by atoms with Gasteiger partial charge in [-0.05, 0) is 11.6 Å². The zero-order chi connectivity index (χ0) is 23.4. The molecule has 2 aliphatic heterocycles. The number of amides is 2. The molecule has 12 nitrogen and oxygen atoms in total. The van der Waals surface area contributed by atoms with Crippen molar-refractivity contribution in [2.75, 3.05) is 25.2 Å². The molecule has 0 bridgehead atoms. The molecule has 1 fully saturated rings. The number of rotatable bonds is 8. The highest BCUT2D eigenvalue weighted by Crippen LogP contribution is 2.40. The van der Waals surface area contributed by atoms with E-state index in [1.54, 1.807) is 0 Å². The van der Waals surface area contributed by atoms with Crippen LogP contribution in [0.5, 0.6) is 0 Å². The summed E-state index contributed by atoms with van der Waals surface area (Å²) in [6, 6.07) is -0.952. The third kappa shape index (κ3) is 4.75. The highest BCUT2D eigenvalue weighted by molar-refractivity contribution is 8.00. The Morgan fingerprint density at radius 2 is 2.22 bits per heavy atom. The second-order valence-corrected chi connectivity index (χ2v) is 8.43. The first-order chi connectivity index (χ1) is 15.2. The average molecular weight is 482 g/mol. The van der Waals surface area contributed by atoms with Crippen LogP contribution in [0.25, 0.3) is 0 Å². The Labute approximate surface area is 190 Å². The van der Waals surface area contributed by atoms with Crippen LogP contribution in [0.4, 0.5) is 5.13 Å². The number of nitrogens with one attached hydrogen (secondary N) is 1. The number of fused-ring (bicyclic) bond motifs is 1. The van der Waals surface area contributed by atoms with Gasteiger partial charge in [-0.2, -0.15) is 0 Å². The predicted molar refractivity (Wildman–Crippen MR) is 116 cm³/mol. The highest BCUT2D eigenvalue weighted by Gasteiger charge is 2.54. The number of thiazole rings is 1. The summed E-state index contributed by atoms with van der Waals surface area (Å²) < 4.78 is 4.79. The topological polar surface area (TPSA) is 174 Å². The summed E-state index contributed by atoms with van der Waals surface area (Å²) in [5.74, 6) is -2.74. The van der Waals surface area contributed by atoms with Gasteiger partial charge in [-0.15, -0.1) is 23.1 Å². The van der Waals surface area contributed by atoms with Crippen molar-refractivity contribution < 1.29 is 33.9 Å². The summed E-state index contributed by atoms with van der Waals surface area (Å²) in [6.45, 7) is 1.24. The van der Waals surface area contributed by atoms with Crippen molar-refractivity contribution in [1.82, 2.24) is 15.2 Å². The van der Waals surface area contributed by atoms with E-state index < -0.39 is 35.2 Å². The fraction of sp³-hybridized carbons (Fsp3) is 0.333. The minimum Gasteiger partial charge on any atom is -0.477 e. The number of carbonyl (C=O) groups is 4. The number of ether oxygens (including phenoxy) is 1. The number of allylic oxidation sites excluding steroid dienone is 1. The molecule has 0 saturated carbocycles. The molecule has 3 rings (SSSR count). The zero-order valence-electron chi connectivity index (χ0n) is 16.9. The molecule has 1 aromatic heterocycles. The first kappa shape index (κ1) is 23.3. The number of anilines is 1. The molecule has 0 spiro atoms. The number of nitrogens with zero attached hydrogens (tertiary/aromatic N) is 3. The molecule has 3 heterocycles. The number of nitrogen functional groups attached to an aromatic ring is 1. The average Bonchev–Trinajstić information content (AvgIpc) is 3.17. The van der Waals surface area contributed by atoms with E-state index in [4.69, 9.17) is 15.3 Å². The second-order valence-electron chi connectivity index (χ2n) is 6.44. The van der Waals surface area contributed by atoms with Gasteiger partial charge in [0, 0.05) is 18.1 Å². The van der Waals surface area contributed by atoms with Crippen LogP contribution in [0.15, 0.2) is 34.0 Å². The molecule has 1 unspecified atom stereocenters. The number of β-lactam (4-membered cyclic amide) rings is 1. The number of aromatic nitrogens is 1.